The molecule has 6 nitrogen and oxygen atoms in total. The molecule has 0 bridgehead atoms. The van der Waals surface area contributed by atoms with Crippen LogP contribution in [0.3, 0.4) is 0 Å². The summed E-state index contributed by atoms with van der Waals surface area (Å²) in [6, 6.07) is 16.0. The van der Waals surface area contributed by atoms with Gasteiger partial charge in [0.15, 0.2) is 0 Å². The molecular formula is C28H31ClN4O2S. The lowest BCUT2D eigenvalue weighted by molar-refractivity contribution is -0.123. The molecule has 1 aromatic heterocycles. The van der Waals surface area contributed by atoms with Gasteiger partial charge in [0, 0.05) is 22.0 Å². The topological polar surface area (TPSA) is 67.2 Å². The van der Waals surface area contributed by atoms with Crippen LogP contribution in [0.15, 0.2) is 48.5 Å². The normalized spacial score (nSPS) is 18.1. The van der Waals surface area contributed by atoms with E-state index in [9.17, 15) is 9.59 Å². The summed E-state index contributed by atoms with van der Waals surface area (Å²) in [5.74, 6) is 0.671. The molecule has 36 heavy (non-hydrogen) atoms. The lowest BCUT2D eigenvalue weighted by Gasteiger charge is -2.25. The Balaban J connectivity index is 1.76. The van der Waals surface area contributed by atoms with Crippen molar-refractivity contribution in [2.24, 2.45) is 0 Å². The number of fused-ring (bicyclic) bond motifs is 1. The number of thioether (sulfide) groups is 1. The summed E-state index contributed by atoms with van der Waals surface area (Å²) in [7, 11) is 0. The molecule has 1 N–H and O–H groups in total. The van der Waals surface area contributed by atoms with E-state index in [1.165, 1.54) is 0 Å². The van der Waals surface area contributed by atoms with E-state index in [1.54, 1.807) is 16.7 Å². The molecule has 3 aromatic rings. The van der Waals surface area contributed by atoms with E-state index in [4.69, 9.17) is 16.7 Å². The molecular weight excluding hydrogens is 492 g/mol. The van der Waals surface area contributed by atoms with E-state index in [-0.39, 0.29) is 40.8 Å². The number of benzene rings is 2. The van der Waals surface area contributed by atoms with Crippen LogP contribution in [0.4, 0.5) is 5.82 Å². The summed E-state index contributed by atoms with van der Waals surface area (Å²) in [4.78, 5) is 28.3. The van der Waals surface area contributed by atoms with Gasteiger partial charge < -0.3 is 5.32 Å². The number of halogens is 1. The first-order valence-electron chi connectivity index (χ1n) is 12.3. The fourth-order valence-corrected chi connectivity index (χ4v) is 6.01. The number of para-hydroxylation sites is 1. The number of aromatic nitrogens is 2. The number of carbonyl (C=O) groups excluding carboxylic acids is 2. The summed E-state index contributed by atoms with van der Waals surface area (Å²) in [5.41, 5.74) is 4.50. The van der Waals surface area contributed by atoms with Crippen molar-refractivity contribution in [2.45, 2.75) is 57.2 Å². The highest BCUT2D eigenvalue weighted by Gasteiger charge is 2.40. The van der Waals surface area contributed by atoms with Crippen molar-refractivity contribution in [3.8, 4) is 5.69 Å². The number of hydrogen-bond donors (Lipinski definition) is 1. The number of amides is 2. The first-order valence-corrected chi connectivity index (χ1v) is 13.7. The zero-order valence-corrected chi connectivity index (χ0v) is 22.6. The van der Waals surface area contributed by atoms with Gasteiger partial charge in [0.05, 0.1) is 22.4 Å². The van der Waals surface area contributed by atoms with Crippen LogP contribution < -0.4 is 10.2 Å². The van der Waals surface area contributed by atoms with E-state index in [1.807, 2.05) is 60.1 Å². The molecule has 0 saturated heterocycles. The molecule has 2 aliphatic rings. The van der Waals surface area contributed by atoms with Crippen LogP contribution >= 0.6 is 23.4 Å². The minimum Gasteiger partial charge on any atom is -0.352 e. The van der Waals surface area contributed by atoms with Gasteiger partial charge in [-0.3, -0.25) is 14.5 Å². The lowest BCUT2D eigenvalue weighted by Crippen LogP contribution is -2.43. The van der Waals surface area contributed by atoms with Gasteiger partial charge in [-0.1, -0.05) is 62.7 Å². The molecule has 188 valence electrons. The fraction of sp³-hybridized carbons (Fsp3) is 0.393. The highest BCUT2D eigenvalue weighted by molar-refractivity contribution is 8.00. The second-order valence-corrected chi connectivity index (χ2v) is 12.1. The van der Waals surface area contributed by atoms with Crippen LogP contribution in [0, 0.1) is 6.92 Å². The lowest BCUT2D eigenvalue weighted by atomic mass is 9.87. The number of hydrogen-bond acceptors (Lipinski definition) is 4. The Morgan fingerprint density at radius 1 is 1.17 bits per heavy atom. The number of nitrogens with one attached hydrogen (secondary N) is 1. The van der Waals surface area contributed by atoms with E-state index >= 15 is 0 Å². The van der Waals surface area contributed by atoms with Crippen LogP contribution in [0.25, 0.3) is 5.69 Å². The van der Waals surface area contributed by atoms with Crippen LogP contribution in [-0.2, 0) is 15.0 Å². The predicted molar refractivity (Wildman–Crippen MR) is 146 cm³/mol. The number of rotatable bonds is 5. The number of nitrogens with zero attached hydrogens (tertiary/aromatic N) is 3. The third-order valence-electron chi connectivity index (χ3n) is 6.54. The Morgan fingerprint density at radius 2 is 1.92 bits per heavy atom. The van der Waals surface area contributed by atoms with Crippen molar-refractivity contribution in [3.05, 3.63) is 75.9 Å². The van der Waals surface area contributed by atoms with Gasteiger partial charge >= 0.3 is 0 Å². The van der Waals surface area contributed by atoms with Crippen LogP contribution in [0.1, 0.15) is 61.2 Å². The van der Waals surface area contributed by atoms with E-state index in [0.717, 1.165) is 40.9 Å². The quantitative estimate of drug-likeness (QED) is 0.475. The van der Waals surface area contributed by atoms with Crippen molar-refractivity contribution < 1.29 is 9.59 Å². The van der Waals surface area contributed by atoms with E-state index in [2.05, 4.69) is 26.1 Å². The maximum absolute atomic E-state index is 13.6. The van der Waals surface area contributed by atoms with Crippen molar-refractivity contribution >= 4 is 41.0 Å². The molecule has 1 atom stereocenters. The minimum absolute atomic E-state index is 0.0354. The van der Waals surface area contributed by atoms with Gasteiger partial charge in [0.2, 0.25) is 11.8 Å². The Labute approximate surface area is 221 Å². The van der Waals surface area contributed by atoms with E-state index < -0.39 is 0 Å². The Bertz CT molecular complexity index is 1330. The third-order valence-corrected chi connectivity index (χ3v) is 8.03. The van der Waals surface area contributed by atoms with E-state index in [0.29, 0.717) is 10.8 Å². The average Bonchev–Trinajstić information content (AvgIpc) is 3.56. The van der Waals surface area contributed by atoms with Gasteiger partial charge in [-0.2, -0.15) is 5.10 Å². The van der Waals surface area contributed by atoms with Gasteiger partial charge in [-0.25, -0.2) is 4.68 Å². The Kier molecular flexibility index (Phi) is 6.64. The molecule has 2 heterocycles. The highest BCUT2D eigenvalue weighted by Crippen LogP contribution is 2.48. The van der Waals surface area contributed by atoms with Crippen molar-refractivity contribution in [1.29, 1.82) is 0 Å². The van der Waals surface area contributed by atoms with Crippen LogP contribution in [0.5, 0.6) is 0 Å². The second-order valence-electron chi connectivity index (χ2n) is 10.6. The highest BCUT2D eigenvalue weighted by atomic mass is 35.5. The van der Waals surface area contributed by atoms with Crippen LogP contribution in [-0.4, -0.2) is 39.9 Å². The molecule has 0 radical (unpaired) electrons. The summed E-state index contributed by atoms with van der Waals surface area (Å²) in [6.07, 6.45) is 1.99. The monoisotopic (exact) mass is 522 g/mol. The Morgan fingerprint density at radius 3 is 2.58 bits per heavy atom. The molecule has 1 aliphatic carbocycles. The molecule has 1 fully saturated rings. The molecule has 1 saturated carbocycles. The van der Waals surface area contributed by atoms with Gasteiger partial charge in [0.1, 0.15) is 12.4 Å². The van der Waals surface area contributed by atoms with Gasteiger partial charge in [-0.15, -0.1) is 11.8 Å². The summed E-state index contributed by atoms with van der Waals surface area (Å²) >= 11 is 7.97. The molecule has 0 spiro atoms. The predicted octanol–water partition coefficient (Wildman–Crippen LogP) is 5.58. The fourth-order valence-electron chi connectivity index (χ4n) is 4.62. The summed E-state index contributed by atoms with van der Waals surface area (Å²) in [5, 5.41) is 8.67. The molecule has 2 amide bonds. The van der Waals surface area contributed by atoms with Crippen molar-refractivity contribution in [2.75, 3.05) is 17.2 Å². The van der Waals surface area contributed by atoms with Crippen molar-refractivity contribution in [1.82, 2.24) is 15.1 Å². The third kappa shape index (κ3) is 4.91. The molecule has 2 aromatic carbocycles. The van der Waals surface area contributed by atoms with Crippen molar-refractivity contribution in [3.63, 3.8) is 0 Å². The molecule has 5 rings (SSSR count). The zero-order valence-electron chi connectivity index (χ0n) is 21.0. The number of anilines is 1. The second kappa shape index (κ2) is 9.60. The van der Waals surface area contributed by atoms with Crippen LogP contribution in [0.2, 0.25) is 5.02 Å². The average molecular weight is 523 g/mol. The summed E-state index contributed by atoms with van der Waals surface area (Å²) < 4.78 is 1.87. The SMILES string of the molecule is Cc1ccccc1-n1nc(C(C)(C)C)c2c1N(CC(=O)NC1CC1)C(=O)CSC2c1cccc(Cl)c1. The zero-order chi connectivity index (χ0) is 25.6. The maximum Gasteiger partial charge on any atom is 0.240 e. The minimum atomic E-state index is -0.301. The first kappa shape index (κ1) is 24.9. The molecule has 1 unspecified atom stereocenters. The molecule has 8 heteroatoms. The standard InChI is InChI=1S/C28H31ClN4O2S/c1-17-8-5-6-11-21(17)33-27-24(26(31-33)28(2,3)4)25(18-9-7-10-19(29)14-18)36-16-23(35)32(27)15-22(34)30-20-12-13-20/h5-11,14,20,25H,12-13,15-16H2,1-4H3,(H,30,34). The summed E-state index contributed by atoms with van der Waals surface area (Å²) in [6.45, 7) is 8.40. The number of carbonyl (C=O) groups is 2. The smallest absolute Gasteiger partial charge is 0.240 e. The number of aryl methyl sites for hydroxylation is 1. The first-order chi connectivity index (χ1) is 17.1. The van der Waals surface area contributed by atoms with Gasteiger partial charge in [-0.05, 0) is 49.1 Å². The Hall–Kier alpha value is -2.77. The molecule has 1 aliphatic heterocycles. The van der Waals surface area contributed by atoms with Gasteiger partial charge in [0.25, 0.3) is 0 Å². The largest absolute Gasteiger partial charge is 0.352 e. The maximum atomic E-state index is 13.6.